The molecule has 1 amide bonds. The summed E-state index contributed by atoms with van der Waals surface area (Å²) in [4.78, 5) is 20.6. The minimum atomic E-state index is -0.243. The molecular weight excluding hydrogens is 307 g/mol. The summed E-state index contributed by atoms with van der Waals surface area (Å²) in [6.07, 6.45) is 2.69. The second-order valence-electron chi connectivity index (χ2n) is 5.63. The zero-order chi connectivity index (χ0) is 17.4. The lowest BCUT2D eigenvalue weighted by Crippen LogP contribution is -2.26. The average Bonchev–Trinajstić information content (AvgIpc) is 2.56. The molecule has 5 nitrogen and oxygen atoms in total. The van der Waals surface area contributed by atoms with Gasteiger partial charge in [0.05, 0.1) is 0 Å². The van der Waals surface area contributed by atoms with Crippen LogP contribution in [0.15, 0.2) is 30.3 Å². The van der Waals surface area contributed by atoms with Crippen LogP contribution in [0.3, 0.4) is 0 Å². The Morgan fingerprint density at radius 2 is 1.92 bits per heavy atom. The normalized spacial score (nSPS) is 10.5. The Morgan fingerprint density at radius 3 is 2.62 bits per heavy atom. The minimum absolute atomic E-state index is 0.185. The predicted molar refractivity (Wildman–Crippen MR) is 92.6 cm³/mol. The number of unbranched alkanes of at least 4 members (excludes halogenated alkanes) is 1. The van der Waals surface area contributed by atoms with Crippen molar-refractivity contribution < 1.29 is 9.18 Å². The van der Waals surface area contributed by atoms with Crippen molar-refractivity contribution in [1.82, 2.24) is 15.3 Å². The molecule has 0 spiro atoms. The standard InChI is InChI=1S/C18H23FN4O/c1-3-4-10-20-17(24)16-12-13(2)22-18(23-16)21-11-9-14-5-7-15(19)8-6-14/h5-8,12H,3-4,9-11H2,1-2H3,(H,20,24)(H,21,22,23). The molecule has 0 saturated carbocycles. The molecule has 0 aliphatic carbocycles. The first-order chi connectivity index (χ1) is 11.6. The summed E-state index contributed by atoms with van der Waals surface area (Å²) in [5.74, 6) is 0.000687. The van der Waals surface area contributed by atoms with E-state index in [4.69, 9.17) is 0 Å². The van der Waals surface area contributed by atoms with Crippen LogP contribution in [-0.4, -0.2) is 29.0 Å². The average molecular weight is 330 g/mol. The summed E-state index contributed by atoms with van der Waals surface area (Å²) in [6, 6.07) is 8.06. The molecule has 1 heterocycles. The van der Waals surface area contributed by atoms with Crippen LogP contribution in [0.5, 0.6) is 0 Å². The molecule has 6 heteroatoms. The number of carbonyl (C=O) groups excluding carboxylic acids is 1. The highest BCUT2D eigenvalue weighted by Gasteiger charge is 2.09. The zero-order valence-electron chi connectivity index (χ0n) is 14.1. The minimum Gasteiger partial charge on any atom is -0.354 e. The number of hydrogen-bond acceptors (Lipinski definition) is 4. The van der Waals surface area contributed by atoms with Gasteiger partial charge in [-0.3, -0.25) is 4.79 Å². The van der Waals surface area contributed by atoms with Gasteiger partial charge in [-0.05, 0) is 43.5 Å². The Kier molecular flexibility index (Phi) is 6.66. The third-order valence-corrected chi connectivity index (χ3v) is 3.51. The van der Waals surface area contributed by atoms with Gasteiger partial charge in [-0.1, -0.05) is 25.5 Å². The lowest BCUT2D eigenvalue weighted by atomic mass is 10.1. The summed E-state index contributed by atoms with van der Waals surface area (Å²) in [5.41, 5.74) is 2.12. The van der Waals surface area contributed by atoms with E-state index in [1.165, 1.54) is 12.1 Å². The third kappa shape index (κ3) is 5.61. The molecule has 0 aliphatic rings. The highest BCUT2D eigenvalue weighted by molar-refractivity contribution is 5.92. The molecule has 0 atom stereocenters. The second-order valence-corrected chi connectivity index (χ2v) is 5.63. The van der Waals surface area contributed by atoms with Crippen molar-refractivity contribution in [2.45, 2.75) is 33.1 Å². The Hall–Kier alpha value is -2.50. The number of nitrogens with one attached hydrogen (secondary N) is 2. The van der Waals surface area contributed by atoms with Crippen LogP contribution in [0, 0.1) is 12.7 Å². The van der Waals surface area contributed by atoms with E-state index in [0.29, 0.717) is 24.7 Å². The largest absolute Gasteiger partial charge is 0.354 e. The second kappa shape index (κ2) is 8.96. The number of anilines is 1. The third-order valence-electron chi connectivity index (χ3n) is 3.51. The maximum absolute atomic E-state index is 12.9. The van der Waals surface area contributed by atoms with E-state index in [0.717, 1.165) is 30.5 Å². The molecule has 0 saturated heterocycles. The lowest BCUT2D eigenvalue weighted by molar-refractivity contribution is 0.0948. The van der Waals surface area contributed by atoms with Gasteiger partial charge in [0.25, 0.3) is 5.91 Å². The van der Waals surface area contributed by atoms with Gasteiger partial charge in [-0.2, -0.15) is 0 Å². The van der Waals surface area contributed by atoms with Gasteiger partial charge in [-0.25, -0.2) is 14.4 Å². The fraction of sp³-hybridized carbons (Fsp3) is 0.389. The number of rotatable bonds is 8. The van der Waals surface area contributed by atoms with Crippen molar-refractivity contribution in [2.24, 2.45) is 0 Å². The number of carbonyl (C=O) groups is 1. The van der Waals surface area contributed by atoms with Crippen LogP contribution in [-0.2, 0) is 6.42 Å². The summed E-state index contributed by atoms with van der Waals surface area (Å²) >= 11 is 0. The van der Waals surface area contributed by atoms with Crippen molar-refractivity contribution >= 4 is 11.9 Å². The van der Waals surface area contributed by atoms with Gasteiger partial charge in [0.15, 0.2) is 0 Å². The number of halogens is 1. The molecule has 0 bridgehead atoms. The number of nitrogens with zero attached hydrogens (tertiary/aromatic N) is 2. The molecule has 2 aromatic rings. The number of benzene rings is 1. The first-order valence-corrected chi connectivity index (χ1v) is 8.20. The first kappa shape index (κ1) is 17.8. The summed E-state index contributed by atoms with van der Waals surface area (Å²) in [7, 11) is 0. The number of aromatic nitrogens is 2. The summed E-state index contributed by atoms with van der Waals surface area (Å²) < 4.78 is 12.9. The van der Waals surface area contributed by atoms with Crippen LogP contribution in [0.1, 0.15) is 41.5 Å². The molecule has 1 aromatic carbocycles. The van der Waals surface area contributed by atoms with Gasteiger partial charge < -0.3 is 10.6 Å². The maximum Gasteiger partial charge on any atom is 0.270 e. The van der Waals surface area contributed by atoms with Crippen molar-refractivity contribution in [2.75, 3.05) is 18.4 Å². The molecule has 2 rings (SSSR count). The van der Waals surface area contributed by atoms with E-state index >= 15 is 0 Å². The zero-order valence-corrected chi connectivity index (χ0v) is 14.1. The fourth-order valence-corrected chi connectivity index (χ4v) is 2.20. The van der Waals surface area contributed by atoms with Crippen molar-refractivity contribution in [1.29, 1.82) is 0 Å². The van der Waals surface area contributed by atoms with Crippen LogP contribution in [0.2, 0.25) is 0 Å². The van der Waals surface area contributed by atoms with E-state index in [9.17, 15) is 9.18 Å². The SMILES string of the molecule is CCCCNC(=O)c1cc(C)nc(NCCc2ccc(F)cc2)n1. The van der Waals surface area contributed by atoms with E-state index in [1.54, 1.807) is 18.2 Å². The summed E-state index contributed by atoms with van der Waals surface area (Å²) in [5, 5.41) is 5.96. The molecule has 128 valence electrons. The van der Waals surface area contributed by atoms with Crippen molar-refractivity contribution in [3.8, 4) is 0 Å². The van der Waals surface area contributed by atoms with Crippen LogP contribution in [0.25, 0.3) is 0 Å². The van der Waals surface area contributed by atoms with Crippen LogP contribution >= 0.6 is 0 Å². The van der Waals surface area contributed by atoms with Gasteiger partial charge in [0, 0.05) is 18.8 Å². The molecular formula is C18H23FN4O. The van der Waals surface area contributed by atoms with Crippen LogP contribution < -0.4 is 10.6 Å². The highest BCUT2D eigenvalue weighted by Crippen LogP contribution is 2.07. The highest BCUT2D eigenvalue weighted by atomic mass is 19.1. The number of amides is 1. The molecule has 0 aliphatic heterocycles. The Balaban J connectivity index is 1.92. The fourth-order valence-electron chi connectivity index (χ4n) is 2.20. The van der Waals surface area contributed by atoms with Crippen LogP contribution in [0.4, 0.5) is 10.3 Å². The molecule has 1 aromatic heterocycles. The Morgan fingerprint density at radius 1 is 1.17 bits per heavy atom. The smallest absolute Gasteiger partial charge is 0.270 e. The summed E-state index contributed by atoms with van der Waals surface area (Å²) in [6.45, 7) is 5.15. The van der Waals surface area contributed by atoms with Crippen molar-refractivity contribution in [3.05, 3.63) is 53.1 Å². The Labute approximate surface area is 141 Å². The molecule has 24 heavy (non-hydrogen) atoms. The van der Waals surface area contributed by atoms with E-state index < -0.39 is 0 Å². The lowest BCUT2D eigenvalue weighted by Gasteiger charge is -2.09. The molecule has 0 radical (unpaired) electrons. The quantitative estimate of drug-likeness (QED) is 0.730. The maximum atomic E-state index is 12.9. The van der Waals surface area contributed by atoms with E-state index in [1.807, 2.05) is 6.92 Å². The predicted octanol–water partition coefficient (Wildman–Crippen LogP) is 3.11. The van der Waals surface area contributed by atoms with Crippen molar-refractivity contribution in [3.63, 3.8) is 0 Å². The number of aryl methyl sites for hydroxylation is 1. The monoisotopic (exact) mass is 330 g/mol. The molecule has 0 unspecified atom stereocenters. The van der Waals surface area contributed by atoms with Gasteiger partial charge in [-0.15, -0.1) is 0 Å². The van der Waals surface area contributed by atoms with E-state index in [-0.39, 0.29) is 11.7 Å². The van der Waals surface area contributed by atoms with Gasteiger partial charge >= 0.3 is 0 Å². The molecule has 2 N–H and O–H groups in total. The van der Waals surface area contributed by atoms with Gasteiger partial charge in [0.2, 0.25) is 5.95 Å². The first-order valence-electron chi connectivity index (χ1n) is 8.20. The van der Waals surface area contributed by atoms with Gasteiger partial charge in [0.1, 0.15) is 11.5 Å². The van der Waals surface area contributed by atoms with E-state index in [2.05, 4.69) is 27.5 Å². The Bertz CT molecular complexity index is 673. The molecule has 0 fully saturated rings. The number of hydrogen-bond donors (Lipinski definition) is 2. The topological polar surface area (TPSA) is 66.9 Å².